The highest BCUT2D eigenvalue weighted by atomic mass is 16.5. The summed E-state index contributed by atoms with van der Waals surface area (Å²) in [4.78, 5) is 12.6. The number of fused-ring (bicyclic) bond motifs is 1. The number of aryl methyl sites for hydroxylation is 1. The monoisotopic (exact) mass is 275 g/mol. The van der Waals surface area contributed by atoms with Crippen molar-refractivity contribution in [2.45, 2.75) is 58.6 Å². The van der Waals surface area contributed by atoms with Crippen molar-refractivity contribution >= 4 is 0 Å². The van der Waals surface area contributed by atoms with Crippen LogP contribution in [0.15, 0.2) is 23.5 Å². The highest BCUT2D eigenvalue weighted by Gasteiger charge is 2.17. The molecule has 3 nitrogen and oxygen atoms in total. The van der Waals surface area contributed by atoms with Crippen molar-refractivity contribution in [3.05, 3.63) is 45.9 Å². The fraction of sp³-hybridized carbons (Fsp3) is 0.588. The van der Waals surface area contributed by atoms with Gasteiger partial charge in [0.25, 0.3) is 5.56 Å². The van der Waals surface area contributed by atoms with Crippen LogP contribution in [-0.4, -0.2) is 11.2 Å². The first-order valence-electron chi connectivity index (χ1n) is 7.71. The summed E-state index contributed by atoms with van der Waals surface area (Å²) in [7, 11) is 0. The first-order valence-corrected chi connectivity index (χ1v) is 7.71. The van der Waals surface area contributed by atoms with E-state index in [-0.39, 0.29) is 5.56 Å². The summed E-state index contributed by atoms with van der Waals surface area (Å²) in [5.41, 5.74) is 3.55. The summed E-state index contributed by atoms with van der Waals surface area (Å²) in [5, 5.41) is 0. The van der Waals surface area contributed by atoms with Crippen LogP contribution in [0.5, 0.6) is 0 Å². The lowest BCUT2D eigenvalue weighted by Gasteiger charge is -2.22. The van der Waals surface area contributed by atoms with E-state index >= 15 is 0 Å². The molecule has 0 atom stereocenters. The lowest BCUT2D eigenvalue weighted by atomic mass is 9.94. The normalized spacial score (nSPS) is 14.1. The van der Waals surface area contributed by atoms with Crippen LogP contribution < -0.4 is 5.56 Å². The van der Waals surface area contributed by atoms with Crippen LogP contribution in [0.2, 0.25) is 0 Å². The predicted octanol–water partition coefficient (Wildman–Crippen LogP) is 3.23. The predicted molar refractivity (Wildman–Crippen MR) is 82.1 cm³/mol. The van der Waals surface area contributed by atoms with Gasteiger partial charge in [-0.3, -0.25) is 4.79 Å². The topological polar surface area (TPSA) is 31.2 Å². The van der Waals surface area contributed by atoms with Crippen molar-refractivity contribution in [2.75, 3.05) is 6.61 Å². The Labute approximate surface area is 121 Å². The summed E-state index contributed by atoms with van der Waals surface area (Å²) < 4.78 is 7.47. The molecule has 0 aromatic carbocycles. The van der Waals surface area contributed by atoms with E-state index < -0.39 is 0 Å². The number of aromatic nitrogens is 1. The fourth-order valence-corrected chi connectivity index (χ4v) is 2.85. The molecule has 3 heteroatoms. The first-order chi connectivity index (χ1) is 9.77. The summed E-state index contributed by atoms with van der Waals surface area (Å²) in [6.45, 7) is 7.52. The van der Waals surface area contributed by atoms with E-state index in [0.29, 0.717) is 13.2 Å². The SMILES string of the molecule is C=CCOCc1cc2c(n(CCCC)c1=O)CCCC2. The summed E-state index contributed by atoms with van der Waals surface area (Å²) in [5.74, 6) is 0. The van der Waals surface area contributed by atoms with Gasteiger partial charge in [-0.25, -0.2) is 0 Å². The lowest BCUT2D eigenvalue weighted by molar-refractivity contribution is 0.147. The van der Waals surface area contributed by atoms with Crippen LogP contribution in [0, 0.1) is 0 Å². The Kier molecular flexibility index (Phi) is 5.60. The highest BCUT2D eigenvalue weighted by Crippen LogP contribution is 2.21. The quantitative estimate of drug-likeness (QED) is 0.565. The molecule has 0 saturated heterocycles. The van der Waals surface area contributed by atoms with Crippen molar-refractivity contribution in [2.24, 2.45) is 0 Å². The molecule has 0 bridgehead atoms. The third-order valence-corrected chi connectivity index (χ3v) is 3.90. The number of hydrogen-bond donors (Lipinski definition) is 0. The number of nitrogens with zero attached hydrogens (tertiary/aromatic N) is 1. The van der Waals surface area contributed by atoms with E-state index in [4.69, 9.17) is 4.74 Å². The van der Waals surface area contributed by atoms with Gasteiger partial charge in [-0.1, -0.05) is 19.4 Å². The summed E-state index contributed by atoms with van der Waals surface area (Å²) in [6.07, 6.45) is 8.45. The Morgan fingerprint density at radius 2 is 2.20 bits per heavy atom. The number of hydrogen-bond acceptors (Lipinski definition) is 2. The zero-order valence-electron chi connectivity index (χ0n) is 12.5. The van der Waals surface area contributed by atoms with Crippen LogP contribution in [0.1, 0.15) is 49.4 Å². The van der Waals surface area contributed by atoms with Crippen molar-refractivity contribution < 1.29 is 4.74 Å². The first kappa shape index (κ1) is 15.0. The van der Waals surface area contributed by atoms with E-state index in [1.54, 1.807) is 6.08 Å². The molecule has 20 heavy (non-hydrogen) atoms. The maximum Gasteiger partial charge on any atom is 0.256 e. The Morgan fingerprint density at radius 3 is 2.95 bits per heavy atom. The second-order valence-electron chi connectivity index (χ2n) is 5.46. The van der Waals surface area contributed by atoms with Crippen LogP contribution in [0.4, 0.5) is 0 Å². The number of rotatable bonds is 7. The molecule has 0 fully saturated rings. The molecule has 0 amide bonds. The van der Waals surface area contributed by atoms with Gasteiger partial charge in [-0.05, 0) is 43.7 Å². The fourth-order valence-electron chi connectivity index (χ4n) is 2.85. The zero-order chi connectivity index (χ0) is 14.4. The van der Waals surface area contributed by atoms with Gasteiger partial charge >= 0.3 is 0 Å². The summed E-state index contributed by atoms with van der Waals surface area (Å²) >= 11 is 0. The molecular weight excluding hydrogens is 250 g/mol. The average molecular weight is 275 g/mol. The molecule has 1 aromatic heterocycles. The molecule has 0 saturated carbocycles. The maximum atomic E-state index is 12.6. The molecule has 0 radical (unpaired) electrons. The van der Waals surface area contributed by atoms with Gasteiger partial charge < -0.3 is 9.30 Å². The van der Waals surface area contributed by atoms with Gasteiger partial charge in [0.15, 0.2) is 0 Å². The Bertz CT molecular complexity index is 516. The number of ether oxygens (including phenoxy) is 1. The Hall–Kier alpha value is -1.35. The molecule has 1 aromatic rings. The van der Waals surface area contributed by atoms with E-state index in [0.717, 1.165) is 37.8 Å². The van der Waals surface area contributed by atoms with Gasteiger partial charge in [0.1, 0.15) is 0 Å². The third-order valence-electron chi connectivity index (χ3n) is 3.90. The van der Waals surface area contributed by atoms with Crippen LogP contribution in [-0.2, 0) is 30.7 Å². The van der Waals surface area contributed by atoms with Gasteiger partial charge in [-0.2, -0.15) is 0 Å². The second kappa shape index (κ2) is 7.44. The van der Waals surface area contributed by atoms with Crippen LogP contribution in [0.3, 0.4) is 0 Å². The molecular formula is C17H25NO2. The molecule has 110 valence electrons. The molecule has 1 aliphatic carbocycles. The maximum absolute atomic E-state index is 12.6. The molecule has 0 N–H and O–H groups in total. The second-order valence-corrected chi connectivity index (χ2v) is 5.46. The minimum Gasteiger partial charge on any atom is -0.373 e. The van der Waals surface area contributed by atoms with Gasteiger partial charge in [0.2, 0.25) is 0 Å². The van der Waals surface area contributed by atoms with Crippen molar-refractivity contribution in [3.63, 3.8) is 0 Å². The zero-order valence-corrected chi connectivity index (χ0v) is 12.5. The molecule has 1 aliphatic rings. The van der Waals surface area contributed by atoms with Crippen LogP contribution in [0.25, 0.3) is 0 Å². The van der Waals surface area contributed by atoms with Crippen LogP contribution >= 0.6 is 0 Å². The smallest absolute Gasteiger partial charge is 0.256 e. The van der Waals surface area contributed by atoms with Crippen molar-refractivity contribution in [3.8, 4) is 0 Å². The van der Waals surface area contributed by atoms with Gasteiger partial charge in [0.05, 0.1) is 13.2 Å². The average Bonchev–Trinajstić information content (AvgIpc) is 2.47. The number of unbranched alkanes of at least 4 members (excludes halogenated alkanes) is 1. The minimum absolute atomic E-state index is 0.142. The standard InChI is InChI=1S/C17H25NO2/c1-3-5-10-18-16-9-7-6-8-14(16)12-15(17(18)19)13-20-11-4-2/h4,12H,2-3,5-11,13H2,1H3. The highest BCUT2D eigenvalue weighted by molar-refractivity contribution is 5.28. The number of pyridine rings is 1. The lowest BCUT2D eigenvalue weighted by Crippen LogP contribution is -2.30. The minimum atomic E-state index is 0.142. The molecule has 0 aliphatic heterocycles. The molecule has 2 rings (SSSR count). The largest absolute Gasteiger partial charge is 0.373 e. The summed E-state index contributed by atoms with van der Waals surface area (Å²) in [6, 6.07) is 2.07. The van der Waals surface area contributed by atoms with Gasteiger partial charge in [-0.15, -0.1) is 6.58 Å². The van der Waals surface area contributed by atoms with Crippen molar-refractivity contribution in [1.82, 2.24) is 4.57 Å². The Morgan fingerprint density at radius 1 is 1.40 bits per heavy atom. The molecule has 0 spiro atoms. The third kappa shape index (κ3) is 3.40. The van der Waals surface area contributed by atoms with E-state index in [2.05, 4.69) is 19.6 Å². The van der Waals surface area contributed by atoms with E-state index in [1.165, 1.54) is 24.1 Å². The molecule has 0 unspecified atom stereocenters. The van der Waals surface area contributed by atoms with E-state index in [1.807, 2.05) is 4.57 Å². The van der Waals surface area contributed by atoms with E-state index in [9.17, 15) is 4.79 Å². The Balaban J connectivity index is 2.32. The van der Waals surface area contributed by atoms with Gasteiger partial charge in [0, 0.05) is 17.8 Å². The van der Waals surface area contributed by atoms with Crippen molar-refractivity contribution in [1.29, 1.82) is 0 Å². The molecule has 1 heterocycles.